The molecular weight excluding hydrogens is 486 g/mol. The molecule has 4 aliphatic rings. The fourth-order valence-corrected chi connectivity index (χ4v) is 5.87. The minimum Gasteiger partial charge on any atom is -0.353 e. The molecule has 9 nitrogen and oxygen atoms in total. The van der Waals surface area contributed by atoms with E-state index in [1.165, 1.54) is 17.6 Å². The lowest BCUT2D eigenvalue weighted by Crippen LogP contribution is -2.68. The molecule has 39 heavy (non-hydrogen) atoms. The first-order chi connectivity index (χ1) is 19.1. The molecule has 4 aromatic heterocycles. The second-order valence-electron chi connectivity index (χ2n) is 10.8. The number of hydrogen-bond donors (Lipinski definition) is 1. The number of aryl methyl sites for hydroxylation is 2. The predicted molar refractivity (Wildman–Crippen MR) is 152 cm³/mol. The second kappa shape index (κ2) is 9.81. The van der Waals surface area contributed by atoms with E-state index < -0.39 is 0 Å². The third kappa shape index (κ3) is 4.85. The van der Waals surface area contributed by atoms with Crippen LogP contribution in [-0.2, 0) is 13.0 Å². The summed E-state index contributed by atoms with van der Waals surface area (Å²) in [6.45, 7) is 7.68. The third-order valence-electron chi connectivity index (χ3n) is 7.86. The van der Waals surface area contributed by atoms with Gasteiger partial charge >= 0.3 is 0 Å². The standard InChI is InChI=1S/C30H31N9/c1-19-9-24(11-25-10-20(2)36-37-25)35-30(34-19)23-4-6-29(33-15-23)38-17-26-12-27(18-38)39(26)16-21-3-5-28(32-13-21)22-7-8-31-14-22/h3-10,13,15,26-27H,11-12,14,16-18H2,1-2H3,(H,36,37). The highest BCUT2D eigenvalue weighted by atomic mass is 15.4. The van der Waals surface area contributed by atoms with Crippen LogP contribution >= 0.6 is 0 Å². The van der Waals surface area contributed by atoms with Gasteiger partial charge in [0.25, 0.3) is 0 Å². The van der Waals surface area contributed by atoms with E-state index in [2.05, 4.69) is 65.3 Å². The monoisotopic (exact) mass is 517 g/mol. The number of nitrogens with one attached hydrogen (secondary N) is 1. The highest BCUT2D eigenvalue weighted by Gasteiger charge is 2.44. The zero-order valence-corrected chi connectivity index (χ0v) is 22.2. The van der Waals surface area contributed by atoms with E-state index in [1.807, 2.05) is 44.6 Å². The lowest BCUT2D eigenvalue weighted by atomic mass is 9.87. The summed E-state index contributed by atoms with van der Waals surface area (Å²) >= 11 is 0. The average Bonchev–Trinajstić information content (AvgIpc) is 3.64. The maximum atomic E-state index is 4.82. The maximum Gasteiger partial charge on any atom is 0.161 e. The molecule has 196 valence electrons. The van der Waals surface area contributed by atoms with Crippen LogP contribution in [0.3, 0.4) is 0 Å². The van der Waals surface area contributed by atoms with Gasteiger partial charge in [0.2, 0.25) is 0 Å². The van der Waals surface area contributed by atoms with Gasteiger partial charge in [-0.15, -0.1) is 0 Å². The number of H-pyrrole nitrogens is 1. The fraction of sp³-hybridized carbons (Fsp3) is 0.333. The normalized spacial score (nSPS) is 20.3. The first-order valence-electron chi connectivity index (χ1n) is 13.5. The van der Waals surface area contributed by atoms with Crippen LogP contribution in [0.15, 0.2) is 59.9 Å². The van der Waals surface area contributed by atoms with Crippen molar-refractivity contribution in [3.05, 3.63) is 88.9 Å². The van der Waals surface area contributed by atoms with E-state index in [4.69, 9.17) is 9.97 Å². The summed E-state index contributed by atoms with van der Waals surface area (Å²) in [5.41, 5.74) is 8.35. The van der Waals surface area contributed by atoms with Crippen molar-refractivity contribution < 1.29 is 0 Å². The molecular formula is C30H31N9. The smallest absolute Gasteiger partial charge is 0.161 e. The Labute approximate surface area is 227 Å². The van der Waals surface area contributed by atoms with Crippen molar-refractivity contribution in [1.29, 1.82) is 0 Å². The Balaban J connectivity index is 0.991. The lowest BCUT2D eigenvalue weighted by molar-refractivity contribution is -0.00875. The number of allylic oxidation sites excluding steroid dienone is 1. The van der Waals surface area contributed by atoms with Gasteiger partial charge in [0.05, 0.1) is 23.6 Å². The summed E-state index contributed by atoms with van der Waals surface area (Å²) in [5.74, 6) is 1.73. The molecule has 8 rings (SSSR count). The van der Waals surface area contributed by atoms with Crippen LogP contribution < -0.4 is 4.90 Å². The zero-order chi connectivity index (χ0) is 26.3. The zero-order valence-electron chi connectivity index (χ0n) is 22.2. The molecule has 3 fully saturated rings. The molecule has 0 aromatic carbocycles. The van der Waals surface area contributed by atoms with Crippen molar-refractivity contribution in [2.45, 2.75) is 45.3 Å². The molecule has 2 bridgehead atoms. The quantitative estimate of drug-likeness (QED) is 0.398. The molecule has 0 saturated carbocycles. The van der Waals surface area contributed by atoms with Crippen LogP contribution in [0.4, 0.5) is 5.82 Å². The number of hydrogen-bond acceptors (Lipinski definition) is 8. The Hall–Kier alpha value is -4.24. The summed E-state index contributed by atoms with van der Waals surface area (Å²) in [6, 6.07) is 13.7. The first kappa shape index (κ1) is 23.8. The van der Waals surface area contributed by atoms with Crippen molar-refractivity contribution in [3.63, 3.8) is 0 Å². The van der Waals surface area contributed by atoms with Crippen LogP contribution in [0.25, 0.3) is 17.0 Å². The minimum absolute atomic E-state index is 0.546. The van der Waals surface area contributed by atoms with Gasteiger partial charge in [-0.2, -0.15) is 5.10 Å². The average molecular weight is 518 g/mol. The highest BCUT2D eigenvalue weighted by Crippen LogP contribution is 2.35. The topological polar surface area (TPSA) is 99.1 Å². The number of anilines is 1. The lowest BCUT2D eigenvalue weighted by Gasteiger charge is -2.56. The molecule has 0 spiro atoms. The van der Waals surface area contributed by atoms with Gasteiger partial charge in [-0.3, -0.25) is 20.0 Å². The molecule has 0 amide bonds. The van der Waals surface area contributed by atoms with Crippen molar-refractivity contribution in [2.75, 3.05) is 24.5 Å². The van der Waals surface area contributed by atoms with Crippen LogP contribution in [0.5, 0.6) is 0 Å². The van der Waals surface area contributed by atoms with E-state index in [-0.39, 0.29) is 0 Å². The highest BCUT2D eigenvalue weighted by molar-refractivity contribution is 5.88. The van der Waals surface area contributed by atoms with E-state index in [9.17, 15) is 0 Å². The van der Waals surface area contributed by atoms with Crippen LogP contribution in [0, 0.1) is 13.8 Å². The van der Waals surface area contributed by atoms with Gasteiger partial charge in [-0.05, 0) is 62.2 Å². The number of rotatable bonds is 7. The number of fused-ring (bicyclic) bond motifs is 2. The Kier molecular flexibility index (Phi) is 6.00. The Bertz CT molecular complexity index is 1540. The third-order valence-corrected chi connectivity index (χ3v) is 7.86. The van der Waals surface area contributed by atoms with Gasteiger partial charge < -0.3 is 4.90 Å². The summed E-state index contributed by atoms with van der Waals surface area (Å²) in [5, 5.41) is 7.35. The number of aliphatic imine (C=N–C) groups is 1. The molecule has 9 heteroatoms. The maximum absolute atomic E-state index is 4.82. The fourth-order valence-electron chi connectivity index (χ4n) is 5.87. The van der Waals surface area contributed by atoms with E-state index in [0.717, 1.165) is 66.0 Å². The van der Waals surface area contributed by atoms with Crippen molar-refractivity contribution in [1.82, 2.24) is 35.0 Å². The predicted octanol–water partition coefficient (Wildman–Crippen LogP) is 3.80. The van der Waals surface area contributed by atoms with E-state index in [1.54, 1.807) is 0 Å². The molecule has 3 saturated heterocycles. The van der Waals surface area contributed by atoms with Crippen molar-refractivity contribution >= 4 is 17.6 Å². The molecule has 1 N–H and O–H groups in total. The van der Waals surface area contributed by atoms with Crippen LogP contribution in [-0.4, -0.2) is 73.0 Å². The molecule has 8 heterocycles. The molecule has 4 aromatic rings. The molecule has 0 radical (unpaired) electrons. The number of aromatic nitrogens is 6. The van der Waals surface area contributed by atoms with Gasteiger partial charge in [0, 0.05) is 79.3 Å². The summed E-state index contributed by atoms with van der Waals surface area (Å²) < 4.78 is 0. The van der Waals surface area contributed by atoms with Gasteiger partial charge in [0.1, 0.15) is 5.82 Å². The van der Waals surface area contributed by atoms with E-state index >= 15 is 0 Å². The van der Waals surface area contributed by atoms with Gasteiger partial charge in [-0.1, -0.05) is 6.07 Å². The molecule has 2 atom stereocenters. The van der Waals surface area contributed by atoms with Gasteiger partial charge in [-0.25, -0.2) is 15.0 Å². The van der Waals surface area contributed by atoms with Gasteiger partial charge in [0.15, 0.2) is 5.82 Å². The Morgan fingerprint density at radius 2 is 1.85 bits per heavy atom. The number of pyridine rings is 2. The minimum atomic E-state index is 0.546. The number of piperidine rings is 1. The summed E-state index contributed by atoms with van der Waals surface area (Å²) in [7, 11) is 0. The number of aromatic amines is 1. The first-order valence-corrected chi connectivity index (χ1v) is 13.5. The van der Waals surface area contributed by atoms with Crippen LogP contribution in [0.1, 0.15) is 40.5 Å². The van der Waals surface area contributed by atoms with Crippen molar-refractivity contribution in [3.8, 4) is 11.4 Å². The molecule has 2 unspecified atom stereocenters. The molecule has 4 aliphatic heterocycles. The SMILES string of the molecule is Cc1cc(Cc2cc(C)[nH]n2)nc(-c2ccc(N3CC4CC(C3)N4Cc3ccc(C4=CC=NC4)nc3)nc2)n1. The number of piperazine rings is 1. The van der Waals surface area contributed by atoms with Crippen LogP contribution in [0.2, 0.25) is 0 Å². The Morgan fingerprint density at radius 3 is 2.54 bits per heavy atom. The summed E-state index contributed by atoms with van der Waals surface area (Å²) in [6.07, 6.45) is 9.76. The Morgan fingerprint density at radius 1 is 0.949 bits per heavy atom. The van der Waals surface area contributed by atoms with Crippen molar-refractivity contribution in [2.24, 2.45) is 4.99 Å². The second-order valence-corrected chi connectivity index (χ2v) is 10.8. The number of nitrogens with zero attached hydrogens (tertiary/aromatic N) is 8. The molecule has 0 aliphatic carbocycles. The largest absolute Gasteiger partial charge is 0.353 e. The summed E-state index contributed by atoms with van der Waals surface area (Å²) in [4.78, 5) is 28.3. The van der Waals surface area contributed by atoms with E-state index in [0.29, 0.717) is 24.3 Å².